The minimum Gasteiger partial charge on any atom is -0.348 e. The predicted molar refractivity (Wildman–Crippen MR) is 109 cm³/mol. The van der Waals surface area contributed by atoms with Gasteiger partial charge in [0.25, 0.3) is 5.91 Å². The molecule has 1 aromatic heterocycles. The lowest BCUT2D eigenvalue weighted by molar-refractivity contribution is -0.120. The first-order chi connectivity index (χ1) is 14.0. The van der Waals surface area contributed by atoms with E-state index in [4.69, 9.17) is 11.6 Å². The number of hydrogen-bond acceptors (Lipinski definition) is 3. The van der Waals surface area contributed by atoms with Crippen LogP contribution in [0.5, 0.6) is 0 Å². The van der Waals surface area contributed by atoms with Crippen LogP contribution in [0.2, 0.25) is 5.02 Å². The summed E-state index contributed by atoms with van der Waals surface area (Å²) in [4.78, 5) is 25.1. The second-order valence-corrected chi connectivity index (χ2v) is 7.66. The van der Waals surface area contributed by atoms with E-state index >= 15 is 0 Å². The second kappa shape index (κ2) is 8.21. The van der Waals surface area contributed by atoms with E-state index in [1.807, 2.05) is 24.3 Å². The molecule has 2 amide bonds. The zero-order valence-corrected chi connectivity index (χ0v) is 16.3. The van der Waals surface area contributed by atoms with Crippen molar-refractivity contribution in [2.24, 2.45) is 5.92 Å². The summed E-state index contributed by atoms with van der Waals surface area (Å²) in [5, 5.41) is 13.7. The van der Waals surface area contributed by atoms with E-state index in [-0.39, 0.29) is 28.8 Å². The molecule has 1 aliphatic rings. The fourth-order valence-corrected chi connectivity index (χ4v) is 3.93. The lowest BCUT2D eigenvalue weighted by atomic mass is 9.85. The third kappa shape index (κ3) is 4.24. The van der Waals surface area contributed by atoms with Gasteiger partial charge in [-0.3, -0.25) is 14.7 Å². The van der Waals surface area contributed by atoms with Crippen LogP contribution < -0.4 is 10.6 Å². The first-order valence-electron chi connectivity index (χ1n) is 9.51. The molecular weight excluding hydrogens is 395 g/mol. The summed E-state index contributed by atoms with van der Waals surface area (Å²) in [5.74, 6) is -0.973. The molecule has 1 aliphatic carbocycles. The molecule has 8 heteroatoms. The van der Waals surface area contributed by atoms with Crippen LogP contribution in [0.1, 0.15) is 36.2 Å². The van der Waals surface area contributed by atoms with Crippen LogP contribution in [0.25, 0.3) is 10.9 Å². The van der Waals surface area contributed by atoms with Crippen molar-refractivity contribution in [2.45, 2.75) is 31.7 Å². The molecule has 3 aromatic rings. The van der Waals surface area contributed by atoms with Crippen molar-refractivity contribution in [3.05, 3.63) is 59.0 Å². The van der Waals surface area contributed by atoms with Crippen LogP contribution in [-0.4, -0.2) is 28.1 Å². The van der Waals surface area contributed by atoms with Crippen molar-refractivity contribution in [2.75, 3.05) is 5.32 Å². The Morgan fingerprint density at radius 3 is 2.62 bits per heavy atom. The summed E-state index contributed by atoms with van der Waals surface area (Å²) in [5.41, 5.74) is 1.60. The first kappa shape index (κ1) is 19.4. The van der Waals surface area contributed by atoms with Gasteiger partial charge in [-0.2, -0.15) is 5.10 Å². The number of aromatic nitrogens is 2. The molecule has 2 aromatic carbocycles. The Bertz CT molecular complexity index is 1060. The smallest absolute Gasteiger partial charge is 0.272 e. The van der Waals surface area contributed by atoms with Gasteiger partial charge in [-0.05, 0) is 49.9 Å². The number of hydrogen-bond donors (Lipinski definition) is 3. The number of H-pyrrole nitrogens is 1. The van der Waals surface area contributed by atoms with Gasteiger partial charge in [0.05, 0.1) is 16.2 Å². The monoisotopic (exact) mass is 414 g/mol. The van der Waals surface area contributed by atoms with Crippen LogP contribution in [0.15, 0.2) is 42.5 Å². The van der Waals surface area contributed by atoms with Gasteiger partial charge in [-0.1, -0.05) is 29.8 Å². The minimum atomic E-state index is -0.450. The SMILES string of the molecule is O=C(N[C@H]1CC[C@H](C(=O)Nc2ccc(F)cc2Cl)CC1)c1n[nH]c2ccccc12. The van der Waals surface area contributed by atoms with Crippen molar-refractivity contribution in [1.29, 1.82) is 0 Å². The number of halogens is 2. The number of anilines is 1. The number of aromatic amines is 1. The van der Waals surface area contributed by atoms with Gasteiger partial charge in [-0.15, -0.1) is 0 Å². The Balaban J connectivity index is 1.32. The molecule has 0 radical (unpaired) electrons. The molecular formula is C21H20ClFN4O2. The number of amides is 2. The van der Waals surface area contributed by atoms with Crippen LogP contribution in [0.3, 0.4) is 0 Å². The van der Waals surface area contributed by atoms with E-state index in [9.17, 15) is 14.0 Å². The van der Waals surface area contributed by atoms with Gasteiger partial charge >= 0.3 is 0 Å². The van der Waals surface area contributed by atoms with Gasteiger partial charge < -0.3 is 10.6 Å². The van der Waals surface area contributed by atoms with Gasteiger partial charge in [0.15, 0.2) is 5.69 Å². The number of benzene rings is 2. The van der Waals surface area contributed by atoms with Crippen molar-refractivity contribution in [1.82, 2.24) is 15.5 Å². The molecule has 0 spiro atoms. The van der Waals surface area contributed by atoms with Crippen molar-refractivity contribution in [3.8, 4) is 0 Å². The standard InChI is InChI=1S/C21H20ClFN4O2/c22-16-11-13(23)7-10-18(16)25-20(28)12-5-8-14(9-6-12)24-21(29)19-15-3-1-2-4-17(15)26-27-19/h1-4,7,10-12,14H,5-6,8-9H2,(H,24,29)(H,25,28)(H,26,27)/t12-,14-. The maximum atomic E-state index is 13.1. The summed E-state index contributed by atoms with van der Waals surface area (Å²) in [7, 11) is 0. The Labute approximate surface area is 171 Å². The van der Waals surface area contributed by atoms with Crippen LogP contribution >= 0.6 is 11.6 Å². The molecule has 1 heterocycles. The topological polar surface area (TPSA) is 86.9 Å². The van der Waals surface area contributed by atoms with Crippen molar-refractivity contribution >= 4 is 40.0 Å². The number of para-hydroxylation sites is 1. The normalized spacial score (nSPS) is 19.1. The highest BCUT2D eigenvalue weighted by molar-refractivity contribution is 6.33. The van der Waals surface area contributed by atoms with Crippen LogP contribution in [-0.2, 0) is 4.79 Å². The van der Waals surface area contributed by atoms with E-state index in [2.05, 4.69) is 20.8 Å². The Hall–Kier alpha value is -2.93. The summed E-state index contributed by atoms with van der Waals surface area (Å²) in [6, 6.07) is 11.4. The average molecular weight is 415 g/mol. The molecule has 0 unspecified atom stereocenters. The lowest BCUT2D eigenvalue weighted by Crippen LogP contribution is -2.39. The second-order valence-electron chi connectivity index (χ2n) is 7.25. The maximum absolute atomic E-state index is 13.1. The summed E-state index contributed by atoms with van der Waals surface area (Å²) in [6.07, 6.45) is 2.69. The number of rotatable bonds is 4. The summed E-state index contributed by atoms with van der Waals surface area (Å²) >= 11 is 5.97. The Morgan fingerprint density at radius 2 is 1.86 bits per heavy atom. The van der Waals surface area contributed by atoms with Gasteiger partial charge in [-0.25, -0.2) is 4.39 Å². The highest BCUT2D eigenvalue weighted by Gasteiger charge is 2.28. The van der Waals surface area contributed by atoms with E-state index in [0.717, 1.165) is 10.9 Å². The van der Waals surface area contributed by atoms with Crippen LogP contribution in [0.4, 0.5) is 10.1 Å². The van der Waals surface area contributed by atoms with Gasteiger partial charge in [0.1, 0.15) is 5.82 Å². The maximum Gasteiger partial charge on any atom is 0.272 e. The molecule has 0 bridgehead atoms. The molecule has 29 heavy (non-hydrogen) atoms. The fraction of sp³-hybridized carbons (Fsp3) is 0.286. The number of fused-ring (bicyclic) bond motifs is 1. The zero-order chi connectivity index (χ0) is 20.4. The predicted octanol–water partition coefficient (Wildman–Crippen LogP) is 4.28. The van der Waals surface area contributed by atoms with Crippen molar-refractivity contribution in [3.63, 3.8) is 0 Å². The lowest BCUT2D eigenvalue weighted by Gasteiger charge is -2.28. The van der Waals surface area contributed by atoms with E-state index in [1.165, 1.54) is 18.2 Å². The van der Waals surface area contributed by atoms with Crippen LogP contribution in [0, 0.1) is 11.7 Å². The number of carbonyl (C=O) groups excluding carboxylic acids is 2. The highest BCUT2D eigenvalue weighted by atomic mass is 35.5. The zero-order valence-electron chi connectivity index (χ0n) is 15.5. The summed E-state index contributed by atoms with van der Waals surface area (Å²) < 4.78 is 13.1. The molecule has 0 atom stereocenters. The summed E-state index contributed by atoms with van der Waals surface area (Å²) in [6.45, 7) is 0. The third-order valence-corrected chi connectivity index (χ3v) is 5.62. The average Bonchev–Trinajstić information content (AvgIpc) is 3.15. The largest absolute Gasteiger partial charge is 0.348 e. The molecule has 1 fully saturated rings. The molecule has 150 valence electrons. The molecule has 6 nitrogen and oxygen atoms in total. The van der Waals surface area contributed by atoms with E-state index < -0.39 is 5.82 Å². The van der Waals surface area contributed by atoms with Gasteiger partial charge in [0.2, 0.25) is 5.91 Å². The van der Waals surface area contributed by atoms with Gasteiger partial charge in [0, 0.05) is 17.3 Å². The quantitative estimate of drug-likeness (QED) is 0.595. The fourth-order valence-electron chi connectivity index (χ4n) is 3.72. The molecule has 4 rings (SSSR count). The van der Waals surface area contributed by atoms with E-state index in [0.29, 0.717) is 37.1 Å². The van der Waals surface area contributed by atoms with E-state index in [1.54, 1.807) is 0 Å². The Morgan fingerprint density at radius 1 is 1.10 bits per heavy atom. The number of nitrogens with zero attached hydrogens (tertiary/aromatic N) is 1. The Kier molecular flexibility index (Phi) is 5.49. The minimum absolute atomic E-state index is 0.00331. The molecule has 0 saturated heterocycles. The third-order valence-electron chi connectivity index (χ3n) is 5.31. The number of carbonyl (C=O) groups is 2. The molecule has 0 aliphatic heterocycles. The molecule has 3 N–H and O–H groups in total. The first-order valence-corrected chi connectivity index (χ1v) is 9.89. The molecule has 1 saturated carbocycles. The number of nitrogens with one attached hydrogen (secondary N) is 3. The highest BCUT2D eigenvalue weighted by Crippen LogP contribution is 2.28. The van der Waals surface area contributed by atoms with Crippen molar-refractivity contribution < 1.29 is 14.0 Å².